The fourth-order valence-electron chi connectivity index (χ4n) is 2.13. The lowest BCUT2D eigenvalue weighted by Gasteiger charge is -2.13. The zero-order valence-electron chi connectivity index (χ0n) is 10.7. The summed E-state index contributed by atoms with van der Waals surface area (Å²) in [6.07, 6.45) is 2.80. The summed E-state index contributed by atoms with van der Waals surface area (Å²) in [5, 5.41) is 0. The lowest BCUT2D eigenvalue weighted by atomic mass is 10.2. The maximum absolute atomic E-state index is 11.4. The van der Waals surface area contributed by atoms with Crippen LogP contribution >= 0.6 is 0 Å². The summed E-state index contributed by atoms with van der Waals surface area (Å²) in [5.74, 6) is 1.23. The summed E-state index contributed by atoms with van der Waals surface area (Å²) < 4.78 is 10.6. The minimum absolute atomic E-state index is 0.351. The van der Waals surface area contributed by atoms with Gasteiger partial charge in [-0.1, -0.05) is 0 Å². The molecule has 1 unspecified atom stereocenters. The van der Waals surface area contributed by atoms with Crippen molar-refractivity contribution in [1.29, 1.82) is 0 Å². The molecule has 18 heavy (non-hydrogen) atoms. The molecule has 0 saturated carbocycles. The van der Waals surface area contributed by atoms with Gasteiger partial charge in [0.25, 0.3) is 0 Å². The normalized spacial score (nSPS) is 16.9. The number of nitrogens with two attached hydrogens (primary N) is 1. The third kappa shape index (κ3) is 3.04. The molecule has 0 aromatic carbocycles. The molecule has 5 nitrogen and oxygen atoms in total. The van der Waals surface area contributed by atoms with Crippen LogP contribution in [0.25, 0.3) is 0 Å². The van der Waals surface area contributed by atoms with E-state index >= 15 is 0 Å². The zero-order chi connectivity index (χ0) is 13.0. The molecule has 100 valence electrons. The van der Waals surface area contributed by atoms with Crippen molar-refractivity contribution in [3.05, 3.63) is 17.9 Å². The van der Waals surface area contributed by atoms with E-state index in [1.807, 2.05) is 12.1 Å². The Morgan fingerprint density at radius 2 is 2.22 bits per heavy atom. The maximum Gasteiger partial charge on any atom is 0.323 e. The van der Waals surface area contributed by atoms with Gasteiger partial charge in [-0.25, -0.2) is 0 Å². The van der Waals surface area contributed by atoms with Crippen molar-refractivity contribution in [2.45, 2.75) is 32.2 Å². The van der Waals surface area contributed by atoms with E-state index < -0.39 is 6.04 Å². The first-order valence-electron chi connectivity index (χ1n) is 6.46. The molecule has 2 heterocycles. The van der Waals surface area contributed by atoms with Crippen LogP contribution in [-0.4, -0.2) is 31.7 Å². The largest absolute Gasteiger partial charge is 0.465 e. The molecule has 0 radical (unpaired) electrons. The number of ether oxygens (including phenoxy) is 1. The van der Waals surface area contributed by atoms with E-state index in [0.717, 1.165) is 24.7 Å². The van der Waals surface area contributed by atoms with Crippen molar-refractivity contribution in [2.24, 2.45) is 5.73 Å². The van der Waals surface area contributed by atoms with E-state index in [0.29, 0.717) is 13.0 Å². The fraction of sp³-hybridized carbons (Fsp3) is 0.615. The highest BCUT2D eigenvalue weighted by Gasteiger charge is 2.19. The first-order chi connectivity index (χ1) is 8.70. The third-order valence-corrected chi connectivity index (χ3v) is 3.08. The number of hydrogen-bond donors (Lipinski definition) is 1. The van der Waals surface area contributed by atoms with Crippen molar-refractivity contribution in [1.82, 2.24) is 0 Å². The Labute approximate surface area is 107 Å². The quantitative estimate of drug-likeness (QED) is 0.800. The number of esters is 1. The number of hydrogen-bond acceptors (Lipinski definition) is 5. The first-order valence-corrected chi connectivity index (χ1v) is 6.46. The molecule has 1 atom stereocenters. The highest BCUT2D eigenvalue weighted by molar-refractivity contribution is 5.75. The van der Waals surface area contributed by atoms with Crippen LogP contribution in [-0.2, 0) is 16.0 Å². The highest BCUT2D eigenvalue weighted by atomic mass is 16.5. The van der Waals surface area contributed by atoms with Gasteiger partial charge in [-0.2, -0.15) is 0 Å². The summed E-state index contributed by atoms with van der Waals surface area (Å²) >= 11 is 0. The summed E-state index contributed by atoms with van der Waals surface area (Å²) in [6, 6.07) is 3.17. The van der Waals surface area contributed by atoms with Gasteiger partial charge < -0.3 is 19.8 Å². The fourth-order valence-corrected chi connectivity index (χ4v) is 2.13. The van der Waals surface area contributed by atoms with Gasteiger partial charge in [0.15, 0.2) is 5.88 Å². The summed E-state index contributed by atoms with van der Waals surface area (Å²) in [6.45, 7) is 4.19. The Morgan fingerprint density at radius 1 is 1.50 bits per heavy atom. The lowest BCUT2D eigenvalue weighted by molar-refractivity contribution is -0.144. The van der Waals surface area contributed by atoms with Crippen LogP contribution in [0.2, 0.25) is 0 Å². The molecule has 0 amide bonds. The molecule has 1 aliphatic rings. The van der Waals surface area contributed by atoms with Gasteiger partial charge in [0.1, 0.15) is 11.8 Å². The Kier molecular flexibility index (Phi) is 4.25. The van der Waals surface area contributed by atoms with Crippen LogP contribution in [0.5, 0.6) is 0 Å². The van der Waals surface area contributed by atoms with Crippen LogP contribution in [0.3, 0.4) is 0 Å². The SMILES string of the molecule is CCOC(=O)C(N)Cc1ccc(N2CCCC2)o1. The number of rotatable bonds is 5. The van der Waals surface area contributed by atoms with Gasteiger partial charge in [0.05, 0.1) is 6.61 Å². The second kappa shape index (κ2) is 5.91. The van der Waals surface area contributed by atoms with Gasteiger partial charge >= 0.3 is 5.97 Å². The van der Waals surface area contributed by atoms with Crippen LogP contribution in [0.1, 0.15) is 25.5 Å². The monoisotopic (exact) mass is 252 g/mol. The molecule has 1 aliphatic heterocycles. The molecule has 0 bridgehead atoms. The lowest BCUT2D eigenvalue weighted by Crippen LogP contribution is -2.34. The Hall–Kier alpha value is -1.49. The molecule has 1 fully saturated rings. The molecule has 0 aliphatic carbocycles. The molecular weight excluding hydrogens is 232 g/mol. The Morgan fingerprint density at radius 3 is 2.89 bits per heavy atom. The van der Waals surface area contributed by atoms with Crippen molar-refractivity contribution >= 4 is 11.9 Å². The highest BCUT2D eigenvalue weighted by Crippen LogP contribution is 2.23. The molecule has 2 N–H and O–H groups in total. The number of nitrogens with zero attached hydrogens (tertiary/aromatic N) is 1. The van der Waals surface area contributed by atoms with Crippen LogP contribution in [0.15, 0.2) is 16.5 Å². The van der Waals surface area contributed by atoms with Gasteiger partial charge in [-0.15, -0.1) is 0 Å². The topological polar surface area (TPSA) is 68.7 Å². The first kappa shape index (κ1) is 13.0. The second-order valence-electron chi connectivity index (χ2n) is 4.50. The number of furan rings is 1. The zero-order valence-corrected chi connectivity index (χ0v) is 10.7. The van der Waals surface area contributed by atoms with E-state index in [2.05, 4.69) is 4.90 Å². The molecule has 1 aromatic heterocycles. The maximum atomic E-state index is 11.4. The third-order valence-electron chi connectivity index (χ3n) is 3.08. The van der Waals surface area contributed by atoms with Crippen molar-refractivity contribution in [2.75, 3.05) is 24.6 Å². The predicted octanol–water partition coefficient (Wildman–Crippen LogP) is 1.31. The van der Waals surface area contributed by atoms with Crippen LogP contribution < -0.4 is 10.6 Å². The van der Waals surface area contributed by atoms with Crippen molar-refractivity contribution in [3.63, 3.8) is 0 Å². The average molecular weight is 252 g/mol. The van der Waals surface area contributed by atoms with Gasteiger partial charge in [-0.3, -0.25) is 4.79 Å². The van der Waals surface area contributed by atoms with Crippen LogP contribution in [0.4, 0.5) is 5.88 Å². The van der Waals surface area contributed by atoms with E-state index in [1.165, 1.54) is 12.8 Å². The molecule has 0 spiro atoms. The van der Waals surface area contributed by atoms with E-state index in [4.69, 9.17) is 14.9 Å². The minimum Gasteiger partial charge on any atom is -0.465 e. The van der Waals surface area contributed by atoms with E-state index in [1.54, 1.807) is 6.92 Å². The van der Waals surface area contributed by atoms with Gasteiger partial charge in [-0.05, 0) is 25.8 Å². The van der Waals surface area contributed by atoms with Gasteiger partial charge in [0.2, 0.25) is 0 Å². The number of anilines is 1. The second-order valence-corrected chi connectivity index (χ2v) is 4.50. The van der Waals surface area contributed by atoms with Crippen LogP contribution in [0, 0.1) is 0 Å². The molecule has 1 aromatic rings. The number of carbonyl (C=O) groups excluding carboxylic acids is 1. The van der Waals surface area contributed by atoms with E-state index in [9.17, 15) is 4.79 Å². The molecule has 5 heteroatoms. The smallest absolute Gasteiger partial charge is 0.323 e. The predicted molar refractivity (Wildman–Crippen MR) is 68.5 cm³/mol. The Bertz CT molecular complexity index is 397. The summed E-state index contributed by atoms with van der Waals surface area (Å²) in [4.78, 5) is 13.6. The summed E-state index contributed by atoms with van der Waals surface area (Å²) in [5.41, 5.74) is 5.75. The standard InChI is InChI=1S/C13H20N2O3/c1-2-17-13(16)11(14)9-10-5-6-12(18-10)15-7-3-4-8-15/h5-6,11H,2-4,7-9,14H2,1H3. The Balaban J connectivity index is 1.91. The van der Waals surface area contributed by atoms with Gasteiger partial charge in [0, 0.05) is 25.6 Å². The van der Waals surface area contributed by atoms with Crippen molar-refractivity contribution in [3.8, 4) is 0 Å². The average Bonchev–Trinajstić information content (AvgIpc) is 2.98. The molecular formula is C13H20N2O3. The molecule has 1 saturated heterocycles. The van der Waals surface area contributed by atoms with E-state index in [-0.39, 0.29) is 5.97 Å². The van der Waals surface area contributed by atoms with Crippen molar-refractivity contribution < 1.29 is 13.9 Å². The summed E-state index contributed by atoms with van der Waals surface area (Å²) in [7, 11) is 0. The minimum atomic E-state index is -0.650. The molecule has 2 rings (SSSR count). The number of carbonyl (C=O) groups is 1.